The van der Waals surface area contributed by atoms with Crippen molar-refractivity contribution in [3.8, 4) is 0 Å². The smallest absolute Gasteiger partial charge is 0.0666 e. The average Bonchev–Trinajstić information content (AvgIpc) is 2.93. The van der Waals surface area contributed by atoms with Gasteiger partial charge in [0.1, 0.15) is 0 Å². The summed E-state index contributed by atoms with van der Waals surface area (Å²) in [5, 5.41) is 6.72. The van der Waals surface area contributed by atoms with Crippen molar-refractivity contribution in [2.24, 2.45) is 0 Å². The van der Waals surface area contributed by atoms with Crippen molar-refractivity contribution in [3.63, 3.8) is 0 Å². The van der Waals surface area contributed by atoms with Gasteiger partial charge in [-0.25, -0.2) is 0 Å². The maximum absolute atomic E-state index is 5.65. The molecule has 0 spiro atoms. The highest BCUT2D eigenvalue weighted by Gasteiger charge is 2.25. The van der Waals surface area contributed by atoms with Crippen molar-refractivity contribution in [2.75, 3.05) is 19.4 Å². The number of ether oxygens (including phenoxy) is 1. The zero-order valence-corrected chi connectivity index (χ0v) is 13.5. The van der Waals surface area contributed by atoms with E-state index in [2.05, 4.69) is 61.8 Å². The lowest BCUT2D eigenvalue weighted by molar-refractivity contribution is 0.127. The van der Waals surface area contributed by atoms with Crippen molar-refractivity contribution in [1.82, 2.24) is 5.32 Å². The van der Waals surface area contributed by atoms with Gasteiger partial charge in [-0.3, -0.25) is 0 Å². The Bertz CT molecular complexity index is 601. The molecule has 1 aliphatic heterocycles. The summed E-state index contributed by atoms with van der Waals surface area (Å²) >= 11 is 2.04. The summed E-state index contributed by atoms with van der Waals surface area (Å²) in [4.78, 5) is 0. The molecule has 112 valence electrons. The van der Waals surface area contributed by atoms with Gasteiger partial charge in [-0.15, -0.1) is 0 Å². The van der Waals surface area contributed by atoms with E-state index in [1.165, 1.54) is 22.8 Å². The van der Waals surface area contributed by atoms with Crippen LogP contribution in [0.2, 0.25) is 0 Å². The third-order valence-corrected chi connectivity index (χ3v) is 5.88. The van der Waals surface area contributed by atoms with Gasteiger partial charge in [-0.1, -0.05) is 36.4 Å². The number of hydrogen-bond acceptors (Lipinski definition) is 3. The van der Waals surface area contributed by atoms with E-state index in [-0.39, 0.29) is 0 Å². The molecular weight excluding hydrogens is 278 g/mol. The quantitative estimate of drug-likeness (QED) is 0.901. The van der Waals surface area contributed by atoms with Crippen molar-refractivity contribution >= 4 is 22.5 Å². The Morgan fingerprint density at radius 3 is 2.76 bits per heavy atom. The molecule has 0 aliphatic carbocycles. The molecule has 1 saturated heterocycles. The number of thioether (sulfide) groups is 1. The van der Waals surface area contributed by atoms with Crippen molar-refractivity contribution in [1.29, 1.82) is 0 Å². The van der Waals surface area contributed by atoms with Gasteiger partial charge in [0.2, 0.25) is 0 Å². The van der Waals surface area contributed by atoms with Crippen LogP contribution in [0, 0.1) is 0 Å². The van der Waals surface area contributed by atoms with Crippen molar-refractivity contribution in [3.05, 3.63) is 48.0 Å². The lowest BCUT2D eigenvalue weighted by atomic mass is 10.0. The summed E-state index contributed by atoms with van der Waals surface area (Å²) in [6.07, 6.45) is 1.57. The second-order valence-corrected chi connectivity index (χ2v) is 6.96. The summed E-state index contributed by atoms with van der Waals surface area (Å²) in [7, 11) is 2.05. The van der Waals surface area contributed by atoms with E-state index in [1.807, 2.05) is 11.8 Å². The SMILES string of the molecule is CNC(CSC1CCOC1C)c1ccc2ccccc2c1. The third kappa shape index (κ3) is 3.42. The Balaban J connectivity index is 1.71. The number of nitrogens with one attached hydrogen (secondary N) is 1. The van der Waals surface area contributed by atoms with Crippen LogP contribution in [0.25, 0.3) is 10.8 Å². The number of rotatable bonds is 5. The van der Waals surface area contributed by atoms with Crippen molar-refractivity contribution in [2.45, 2.75) is 30.7 Å². The van der Waals surface area contributed by atoms with Crippen LogP contribution in [-0.4, -0.2) is 30.8 Å². The maximum atomic E-state index is 5.65. The molecule has 0 saturated carbocycles. The zero-order chi connectivity index (χ0) is 14.7. The topological polar surface area (TPSA) is 21.3 Å². The number of fused-ring (bicyclic) bond motifs is 1. The van der Waals surface area contributed by atoms with Gasteiger partial charge in [0.15, 0.2) is 0 Å². The van der Waals surface area contributed by atoms with Gasteiger partial charge in [0, 0.05) is 23.7 Å². The second kappa shape index (κ2) is 6.82. The summed E-state index contributed by atoms with van der Waals surface area (Å²) < 4.78 is 5.65. The Morgan fingerprint density at radius 2 is 2.05 bits per heavy atom. The van der Waals surface area contributed by atoms with Crippen LogP contribution in [0.1, 0.15) is 24.9 Å². The molecular formula is C18H23NOS. The average molecular weight is 301 g/mol. The lowest BCUT2D eigenvalue weighted by Gasteiger charge is -2.20. The molecule has 1 heterocycles. The molecule has 2 nitrogen and oxygen atoms in total. The highest BCUT2D eigenvalue weighted by atomic mass is 32.2. The third-order valence-electron chi connectivity index (χ3n) is 4.31. The fourth-order valence-electron chi connectivity index (χ4n) is 2.92. The highest BCUT2D eigenvalue weighted by molar-refractivity contribution is 8.00. The van der Waals surface area contributed by atoms with Gasteiger partial charge in [-0.05, 0) is 42.8 Å². The largest absolute Gasteiger partial charge is 0.377 e. The van der Waals surface area contributed by atoms with Gasteiger partial charge >= 0.3 is 0 Å². The molecule has 2 aromatic carbocycles. The Hall–Kier alpha value is -1.03. The number of benzene rings is 2. The van der Waals surface area contributed by atoms with E-state index >= 15 is 0 Å². The summed E-state index contributed by atoms with van der Waals surface area (Å²) in [6, 6.07) is 15.7. The van der Waals surface area contributed by atoms with Crippen LogP contribution in [0.3, 0.4) is 0 Å². The van der Waals surface area contributed by atoms with E-state index in [9.17, 15) is 0 Å². The lowest BCUT2D eigenvalue weighted by Crippen LogP contribution is -2.22. The zero-order valence-electron chi connectivity index (χ0n) is 12.7. The van der Waals surface area contributed by atoms with E-state index in [0.717, 1.165) is 12.4 Å². The van der Waals surface area contributed by atoms with Crippen LogP contribution in [0.5, 0.6) is 0 Å². The van der Waals surface area contributed by atoms with E-state index in [4.69, 9.17) is 4.74 Å². The molecule has 3 heteroatoms. The number of hydrogen-bond donors (Lipinski definition) is 1. The first-order valence-corrected chi connectivity index (χ1v) is 8.72. The normalized spacial score (nSPS) is 23.5. The highest BCUT2D eigenvalue weighted by Crippen LogP contribution is 2.30. The predicted molar refractivity (Wildman–Crippen MR) is 92.0 cm³/mol. The fourth-order valence-corrected chi connectivity index (χ4v) is 4.33. The Kier molecular flexibility index (Phi) is 4.84. The van der Waals surface area contributed by atoms with Crippen LogP contribution < -0.4 is 5.32 Å². The molecule has 21 heavy (non-hydrogen) atoms. The Labute approximate surface area is 131 Å². The predicted octanol–water partition coefficient (Wildman–Crippen LogP) is 4.01. The van der Waals surface area contributed by atoms with Crippen LogP contribution in [0.15, 0.2) is 42.5 Å². The molecule has 1 N–H and O–H groups in total. The van der Waals surface area contributed by atoms with Crippen LogP contribution in [-0.2, 0) is 4.74 Å². The first-order valence-electron chi connectivity index (χ1n) is 7.67. The fraction of sp³-hybridized carbons (Fsp3) is 0.444. The van der Waals surface area contributed by atoms with E-state index < -0.39 is 0 Å². The molecule has 3 rings (SSSR count). The maximum Gasteiger partial charge on any atom is 0.0666 e. The molecule has 0 aromatic heterocycles. The monoisotopic (exact) mass is 301 g/mol. The molecule has 1 aliphatic rings. The van der Waals surface area contributed by atoms with E-state index in [1.54, 1.807) is 0 Å². The molecule has 0 radical (unpaired) electrons. The summed E-state index contributed by atoms with van der Waals surface area (Å²) in [6.45, 7) is 3.11. The van der Waals surface area contributed by atoms with Gasteiger partial charge < -0.3 is 10.1 Å². The molecule has 2 aromatic rings. The summed E-state index contributed by atoms with van der Waals surface area (Å²) in [5.41, 5.74) is 1.37. The minimum Gasteiger partial charge on any atom is -0.377 e. The Morgan fingerprint density at radius 1 is 1.24 bits per heavy atom. The molecule has 0 bridgehead atoms. The second-order valence-electron chi connectivity index (χ2n) is 5.68. The van der Waals surface area contributed by atoms with Gasteiger partial charge in [-0.2, -0.15) is 11.8 Å². The summed E-state index contributed by atoms with van der Waals surface area (Å²) in [5.74, 6) is 1.09. The molecule has 3 unspecified atom stereocenters. The molecule has 1 fully saturated rings. The minimum absolute atomic E-state index is 0.393. The van der Waals surface area contributed by atoms with Crippen LogP contribution in [0.4, 0.5) is 0 Å². The van der Waals surface area contributed by atoms with E-state index in [0.29, 0.717) is 17.4 Å². The first kappa shape index (κ1) is 14.9. The van der Waals surface area contributed by atoms with Gasteiger partial charge in [0.25, 0.3) is 0 Å². The molecule has 3 atom stereocenters. The molecule has 0 amide bonds. The standard InChI is InChI=1S/C18H23NOS/c1-13-18(9-10-20-13)21-12-17(19-2)16-8-7-14-5-3-4-6-15(14)11-16/h3-8,11,13,17-19H,9-10,12H2,1-2H3. The first-order chi connectivity index (χ1) is 10.3. The van der Waals surface area contributed by atoms with Crippen LogP contribution >= 0.6 is 11.8 Å². The minimum atomic E-state index is 0.393. The van der Waals surface area contributed by atoms with Crippen molar-refractivity contribution < 1.29 is 4.74 Å². The van der Waals surface area contributed by atoms with Gasteiger partial charge in [0.05, 0.1) is 6.10 Å².